The fourth-order valence-corrected chi connectivity index (χ4v) is 2.80. The van der Waals surface area contributed by atoms with Crippen LogP contribution in [0.25, 0.3) is 0 Å². The van der Waals surface area contributed by atoms with Crippen LogP contribution in [0, 0.1) is 6.92 Å². The molecule has 0 aliphatic carbocycles. The van der Waals surface area contributed by atoms with Gasteiger partial charge in [0.25, 0.3) is 0 Å². The van der Waals surface area contributed by atoms with Gasteiger partial charge in [0.05, 0.1) is 38.2 Å². The number of aromatic nitrogens is 1. The minimum Gasteiger partial charge on any atom is -0.497 e. The smallest absolute Gasteiger partial charge is 0.228 e. The molecular weight excluding hydrogens is 354 g/mol. The molecule has 0 radical (unpaired) electrons. The van der Waals surface area contributed by atoms with Crippen molar-refractivity contribution >= 4 is 23.1 Å². The molecule has 144 valence electrons. The Labute approximate surface area is 164 Å². The summed E-state index contributed by atoms with van der Waals surface area (Å²) >= 11 is 0. The molecule has 6 heteroatoms. The van der Waals surface area contributed by atoms with Gasteiger partial charge in [-0.05, 0) is 36.8 Å². The largest absolute Gasteiger partial charge is 0.497 e. The summed E-state index contributed by atoms with van der Waals surface area (Å²) in [6, 6.07) is 17.0. The maximum atomic E-state index is 12.2. The van der Waals surface area contributed by atoms with Crippen LogP contribution in [0.3, 0.4) is 0 Å². The zero-order valence-corrected chi connectivity index (χ0v) is 16.2. The molecule has 6 nitrogen and oxygen atoms in total. The van der Waals surface area contributed by atoms with E-state index in [1.165, 1.54) is 0 Å². The first-order chi connectivity index (χ1) is 13.6. The van der Waals surface area contributed by atoms with Crippen molar-refractivity contribution in [2.45, 2.75) is 13.3 Å². The van der Waals surface area contributed by atoms with Gasteiger partial charge in [-0.15, -0.1) is 0 Å². The SMILES string of the molecule is COc1ccc(OC)c(Nc2ccc(NC(=O)Cc3cccc(C)c3)cn2)c1. The number of anilines is 3. The minimum absolute atomic E-state index is 0.0809. The third kappa shape index (κ3) is 5.01. The van der Waals surface area contributed by atoms with Crippen molar-refractivity contribution in [3.63, 3.8) is 0 Å². The number of amides is 1. The van der Waals surface area contributed by atoms with Crippen LogP contribution in [0.5, 0.6) is 11.5 Å². The summed E-state index contributed by atoms with van der Waals surface area (Å²) in [6.07, 6.45) is 1.94. The van der Waals surface area contributed by atoms with E-state index in [0.717, 1.165) is 16.8 Å². The summed E-state index contributed by atoms with van der Waals surface area (Å²) in [5.41, 5.74) is 3.50. The van der Waals surface area contributed by atoms with Crippen molar-refractivity contribution in [1.82, 2.24) is 4.98 Å². The van der Waals surface area contributed by atoms with Crippen LogP contribution in [-0.4, -0.2) is 25.1 Å². The molecule has 0 saturated heterocycles. The van der Waals surface area contributed by atoms with E-state index in [2.05, 4.69) is 15.6 Å². The van der Waals surface area contributed by atoms with Crippen LogP contribution in [-0.2, 0) is 11.2 Å². The fourth-order valence-electron chi connectivity index (χ4n) is 2.80. The molecule has 0 aliphatic heterocycles. The van der Waals surface area contributed by atoms with Gasteiger partial charge < -0.3 is 20.1 Å². The number of benzene rings is 2. The first-order valence-electron chi connectivity index (χ1n) is 8.88. The Balaban J connectivity index is 1.64. The van der Waals surface area contributed by atoms with Crippen LogP contribution >= 0.6 is 0 Å². The quantitative estimate of drug-likeness (QED) is 0.641. The number of nitrogens with one attached hydrogen (secondary N) is 2. The zero-order valence-electron chi connectivity index (χ0n) is 16.2. The number of pyridine rings is 1. The van der Waals surface area contributed by atoms with E-state index in [0.29, 0.717) is 29.4 Å². The van der Waals surface area contributed by atoms with E-state index < -0.39 is 0 Å². The highest BCUT2D eigenvalue weighted by Gasteiger charge is 2.08. The van der Waals surface area contributed by atoms with Gasteiger partial charge in [0.2, 0.25) is 5.91 Å². The molecule has 28 heavy (non-hydrogen) atoms. The number of hydrogen-bond donors (Lipinski definition) is 2. The molecule has 1 amide bonds. The van der Waals surface area contributed by atoms with E-state index in [1.54, 1.807) is 32.5 Å². The lowest BCUT2D eigenvalue weighted by Crippen LogP contribution is -2.14. The highest BCUT2D eigenvalue weighted by atomic mass is 16.5. The minimum atomic E-state index is -0.0809. The highest BCUT2D eigenvalue weighted by Crippen LogP contribution is 2.31. The summed E-state index contributed by atoms with van der Waals surface area (Å²) in [4.78, 5) is 16.6. The van der Waals surface area contributed by atoms with Gasteiger partial charge >= 0.3 is 0 Å². The Kier molecular flexibility index (Phi) is 6.11. The molecule has 0 atom stereocenters. The normalized spacial score (nSPS) is 10.2. The lowest BCUT2D eigenvalue weighted by Gasteiger charge is -2.12. The molecule has 0 spiro atoms. The van der Waals surface area contributed by atoms with Crippen molar-refractivity contribution in [1.29, 1.82) is 0 Å². The Morgan fingerprint density at radius 1 is 1.04 bits per heavy atom. The van der Waals surface area contributed by atoms with E-state index >= 15 is 0 Å². The summed E-state index contributed by atoms with van der Waals surface area (Å²) in [5, 5.41) is 6.06. The Morgan fingerprint density at radius 3 is 2.57 bits per heavy atom. The summed E-state index contributed by atoms with van der Waals surface area (Å²) < 4.78 is 10.6. The van der Waals surface area contributed by atoms with E-state index in [9.17, 15) is 4.79 Å². The maximum Gasteiger partial charge on any atom is 0.228 e. The first-order valence-corrected chi connectivity index (χ1v) is 8.88. The van der Waals surface area contributed by atoms with Crippen molar-refractivity contribution < 1.29 is 14.3 Å². The number of aryl methyl sites for hydroxylation is 1. The van der Waals surface area contributed by atoms with Gasteiger partial charge in [-0.25, -0.2) is 4.98 Å². The molecule has 2 aromatic carbocycles. The average Bonchev–Trinajstić information content (AvgIpc) is 2.69. The van der Waals surface area contributed by atoms with Crippen molar-refractivity contribution in [2.75, 3.05) is 24.9 Å². The predicted molar refractivity (Wildman–Crippen MR) is 111 cm³/mol. The van der Waals surface area contributed by atoms with Crippen molar-refractivity contribution in [3.8, 4) is 11.5 Å². The number of ether oxygens (including phenoxy) is 2. The topological polar surface area (TPSA) is 72.5 Å². The Bertz CT molecular complexity index is 955. The molecule has 0 saturated carbocycles. The maximum absolute atomic E-state index is 12.2. The van der Waals surface area contributed by atoms with E-state index in [4.69, 9.17) is 9.47 Å². The van der Waals surface area contributed by atoms with Gasteiger partial charge in [-0.1, -0.05) is 29.8 Å². The standard InChI is InChI=1S/C22H23N3O3/c1-15-5-4-6-16(11-15)12-22(26)24-17-7-10-21(23-14-17)25-19-13-18(27-2)8-9-20(19)28-3/h4-11,13-14H,12H2,1-3H3,(H,23,25)(H,24,26). The second kappa shape index (κ2) is 8.90. The van der Waals surface area contributed by atoms with Gasteiger partial charge in [0, 0.05) is 6.07 Å². The Morgan fingerprint density at radius 2 is 1.89 bits per heavy atom. The number of hydrogen-bond acceptors (Lipinski definition) is 5. The third-order valence-electron chi connectivity index (χ3n) is 4.16. The number of nitrogens with zero attached hydrogens (tertiary/aromatic N) is 1. The van der Waals surface area contributed by atoms with Crippen LogP contribution < -0.4 is 20.1 Å². The average molecular weight is 377 g/mol. The van der Waals surface area contributed by atoms with Gasteiger partial charge in [0.1, 0.15) is 17.3 Å². The van der Waals surface area contributed by atoms with Gasteiger partial charge in [-0.3, -0.25) is 4.79 Å². The number of carbonyl (C=O) groups excluding carboxylic acids is 1. The zero-order chi connectivity index (χ0) is 19.9. The monoisotopic (exact) mass is 377 g/mol. The first kappa shape index (κ1) is 19.2. The van der Waals surface area contributed by atoms with E-state index in [-0.39, 0.29) is 5.91 Å². The molecule has 0 unspecified atom stereocenters. The molecule has 0 fully saturated rings. The fraction of sp³-hybridized carbons (Fsp3) is 0.182. The van der Waals surface area contributed by atoms with Crippen molar-refractivity contribution in [2.24, 2.45) is 0 Å². The summed E-state index contributed by atoms with van der Waals surface area (Å²) in [5.74, 6) is 1.94. The molecule has 0 bridgehead atoms. The predicted octanol–water partition coefficient (Wildman–Crippen LogP) is 4.33. The molecule has 1 aromatic heterocycles. The molecule has 0 aliphatic rings. The number of rotatable bonds is 7. The molecule has 3 rings (SSSR count). The number of carbonyl (C=O) groups is 1. The lowest BCUT2D eigenvalue weighted by atomic mass is 10.1. The van der Waals surface area contributed by atoms with Crippen LogP contribution in [0.1, 0.15) is 11.1 Å². The van der Waals surface area contributed by atoms with Crippen molar-refractivity contribution in [3.05, 3.63) is 71.9 Å². The lowest BCUT2D eigenvalue weighted by molar-refractivity contribution is -0.115. The summed E-state index contributed by atoms with van der Waals surface area (Å²) in [7, 11) is 3.21. The molecule has 3 aromatic rings. The molecule has 1 heterocycles. The van der Waals surface area contributed by atoms with Gasteiger partial charge in [0.15, 0.2) is 0 Å². The van der Waals surface area contributed by atoms with Crippen LogP contribution in [0.4, 0.5) is 17.2 Å². The Hall–Kier alpha value is -3.54. The third-order valence-corrected chi connectivity index (χ3v) is 4.16. The summed E-state index contributed by atoms with van der Waals surface area (Å²) in [6.45, 7) is 2.01. The molecular formula is C22H23N3O3. The highest BCUT2D eigenvalue weighted by molar-refractivity contribution is 5.92. The van der Waals surface area contributed by atoms with Crippen LogP contribution in [0.15, 0.2) is 60.8 Å². The van der Waals surface area contributed by atoms with E-state index in [1.807, 2.05) is 49.4 Å². The second-order valence-corrected chi connectivity index (χ2v) is 6.34. The number of methoxy groups -OCH3 is 2. The van der Waals surface area contributed by atoms with Crippen LogP contribution in [0.2, 0.25) is 0 Å². The second-order valence-electron chi connectivity index (χ2n) is 6.34. The van der Waals surface area contributed by atoms with Gasteiger partial charge in [-0.2, -0.15) is 0 Å². The molecule has 2 N–H and O–H groups in total.